The summed E-state index contributed by atoms with van der Waals surface area (Å²) in [6, 6.07) is 7.51. The van der Waals surface area contributed by atoms with Gasteiger partial charge in [-0.15, -0.1) is 0 Å². The summed E-state index contributed by atoms with van der Waals surface area (Å²) in [6.45, 7) is 4.66. The first-order chi connectivity index (χ1) is 16.6. The van der Waals surface area contributed by atoms with Crippen LogP contribution in [0.2, 0.25) is 0 Å². The van der Waals surface area contributed by atoms with Crippen LogP contribution in [0.3, 0.4) is 0 Å². The van der Waals surface area contributed by atoms with Gasteiger partial charge in [0.1, 0.15) is 17.5 Å². The van der Waals surface area contributed by atoms with E-state index in [0.29, 0.717) is 6.07 Å². The van der Waals surface area contributed by atoms with Crippen LogP contribution in [0.4, 0.5) is 29.3 Å². The Morgan fingerprint density at radius 3 is 2.44 bits per heavy atom. The Kier molecular flexibility index (Phi) is 7.44. The molecule has 0 saturated heterocycles. The molecule has 2 amide bonds. The lowest BCUT2D eigenvalue weighted by Crippen LogP contribution is -2.45. The van der Waals surface area contributed by atoms with Crippen molar-refractivity contribution in [2.45, 2.75) is 50.0 Å². The minimum Gasteiger partial charge on any atom is -0.486 e. The quantitative estimate of drug-likeness (QED) is 0.602. The third-order valence-corrected chi connectivity index (χ3v) is 6.75. The number of amides is 2. The smallest absolute Gasteiger partial charge is 0.416 e. The van der Waals surface area contributed by atoms with E-state index in [0.717, 1.165) is 22.5 Å². The Morgan fingerprint density at radius 2 is 1.83 bits per heavy atom. The molecule has 3 rings (SSSR count). The standard InChI is InChI=1S/C23H26F3N3O6S/c1-22(2,3)35-21(31)28-15-8-9-19-18(11-15)29(13-16(34-19)12-20(30)27-4)36(32,33)17-7-5-6-14(10-17)23(24,25)26/h5-11,16H,12-13H2,1-4H3,(H,27,30)(H,28,31). The molecule has 2 aromatic carbocycles. The van der Waals surface area contributed by atoms with Crippen molar-refractivity contribution in [3.63, 3.8) is 0 Å². The van der Waals surface area contributed by atoms with Crippen LogP contribution in [-0.2, 0) is 25.7 Å². The number of benzene rings is 2. The lowest BCUT2D eigenvalue weighted by atomic mass is 10.1. The highest BCUT2D eigenvalue weighted by Crippen LogP contribution is 2.40. The predicted molar refractivity (Wildman–Crippen MR) is 125 cm³/mol. The van der Waals surface area contributed by atoms with E-state index in [1.807, 2.05) is 0 Å². The summed E-state index contributed by atoms with van der Waals surface area (Å²) in [6.07, 6.45) is -6.64. The molecule has 1 aliphatic rings. The summed E-state index contributed by atoms with van der Waals surface area (Å²) in [7, 11) is -3.12. The number of hydrogen-bond donors (Lipinski definition) is 2. The number of anilines is 2. The molecule has 2 N–H and O–H groups in total. The molecule has 0 radical (unpaired) electrons. The minimum absolute atomic E-state index is 0.0193. The summed E-state index contributed by atoms with van der Waals surface area (Å²) in [5, 5.41) is 4.91. The van der Waals surface area contributed by atoms with Crippen LogP contribution in [0.15, 0.2) is 47.4 Å². The van der Waals surface area contributed by atoms with Crippen LogP contribution in [0.25, 0.3) is 0 Å². The second-order valence-electron chi connectivity index (χ2n) is 8.99. The summed E-state index contributed by atoms with van der Waals surface area (Å²) < 4.78 is 78.7. The maximum Gasteiger partial charge on any atom is 0.416 e. The number of nitrogens with zero attached hydrogens (tertiary/aromatic N) is 1. The molecule has 13 heteroatoms. The van der Waals surface area contributed by atoms with Gasteiger partial charge in [-0.1, -0.05) is 6.07 Å². The van der Waals surface area contributed by atoms with Crippen molar-refractivity contribution in [1.82, 2.24) is 5.32 Å². The SMILES string of the molecule is CNC(=O)CC1CN(S(=O)(=O)c2cccc(C(F)(F)F)c2)c2cc(NC(=O)OC(C)(C)C)ccc2O1. The van der Waals surface area contributed by atoms with E-state index < -0.39 is 50.4 Å². The molecule has 1 heterocycles. The van der Waals surface area contributed by atoms with Gasteiger partial charge in [-0.05, 0) is 57.2 Å². The second-order valence-corrected chi connectivity index (χ2v) is 10.9. The first kappa shape index (κ1) is 27.1. The van der Waals surface area contributed by atoms with Crippen molar-refractivity contribution in [3.8, 4) is 5.75 Å². The number of carbonyl (C=O) groups excluding carboxylic acids is 2. The predicted octanol–water partition coefficient (Wildman–Crippen LogP) is 4.14. The summed E-state index contributed by atoms with van der Waals surface area (Å²) in [4.78, 5) is 23.5. The monoisotopic (exact) mass is 529 g/mol. The molecule has 2 aromatic rings. The number of rotatable bonds is 5. The molecule has 1 unspecified atom stereocenters. The van der Waals surface area contributed by atoms with Crippen molar-refractivity contribution in [2.24, 2.45) is 0 Å². The van der Waals surface area contributed by atoms with Crippen LogP contribution in [0.5, 0.6) is 5.75 Å². The van der Waals surface area contributed by atoms with Gasteiger partial charge in [-0.25, -0.2) is 13.2 Å². The lowest BCUT2D eigenvalue weighted by molar-refractivity contribution is -0.137. The van der Waals surface area contributed by atoms with Crippen molar-refractivity contribution in [2.75, 3.05) is 23.2 Å². The van der Waals surface area contributed by atoms with E-state index in [1.54, 1.807) is 20.8 Å². The van der Waals surface area contributed by atoms with Crippen LogP contribution in [0.1, 0.15) is 32.8 Å². The van der Waals surface area contributed by atoms with E-state index in [1.165, 1.54) is 25.2 Å². The molecule has 0 bridgehead atoms. The van der Waals surface area contributed by atoms with Crippen molar-refractivity contribution in [3.05, 3.63) is 48.0 Å². The Bertz CT molecular complexity index is 1260. The average Bonchev–Trinajstić information content (AvgIpc) is 2.76. The summed E-state index contributed by atoms with van der Waals surface area (Å²) in [5.74, 6) is -0.344. The maximum atomic E-state index is 13.5. The fraction of sp³-hybridized carbons (Fsp3) is 0.391. The van der Waals surface area contributed by atoms with Gasteiger partial charge in [0.05, 0.1) is 29.1 Å². The molecule has 0 aliphatic carbocycles. The normalized spacial score (nSPS) is 16.0. The van der Waals surface area contributed by atoms with Crippen molar-refractivity contribution >= 4 is 33.4 Å². The van der Waals surface area contributed by atoms with Crippen LogP contribution < -0.4 is 19.7 Å². The van der Waals surface area contributed by atoms with Gasteiger partial charge in [0, 0.05) is 12.7 Å². The molecule has 1 atom stereocenters. The Morgan fingerprint density at radius 1 is 1.14 bits per heavy atom. The Labute approximate surface area is 206 Å². The van der Waals surface area contributed by atoms with Gasteiger partial charge < -0.3 is 14.8 Å². The third-order valence-electron chi connectivity index (χ3n) is 4.98. The molecule has 36 heavy (non-hydrogen) atoms. The van der Waals surface area contributed by atoms with Gasteiger partial charge >= 0.3 is 12.3 Å². The van der Waals surface area contributed by atoms with Gasteiger partial charge in [-0.2, -0.15) is 13.2 Å². The minimum atomic E-state index is -4.75. The molecular formula is C23H26F3N3O6S. The molecule has 0 aromatic heterocycles. The van der Waals surface area contributed by atoms with E-state index in [9.17, 15) is 31.2 Å². The molecule has 9 nitrogen and oxygen atoms in total. The first-order valence-corrected chi connectivity index (χ1v) is 12.3. The third kappa shape index (κ3) is 6.39. The molecule has 1 aliphatic heterocycles. The number of carbonyl (C=O) groups is 2. The zero-order valence-corrected chi connectivity index (χ0v) is 20.8. The summed E-state index contributed by atoms with van der Waals surface area (Å²) >= 11 is 0. The van der Waals surface area contributed by atoms with E-state index >= 15 is 0 Å². The van der Waals surface area contributed by atoms with Gasteiger partial charge in [-0.3, -0.25) is 14.4 Å². The topological polar surface area (TPSA) is 114 Å². The van der Waals surface area contributed by atoms with Gasteiger partial charge in [0.25, 0.3) is 10.0 Å². The number of hydrogen-bond acceptors (Lipinski definition) is 6. The van der Waals surface area contributed by atoms with E-state index in [-0.39, 0.29) is 30.1 Å². The van der Waals surface area contributed by atoms with Crippen LogP contribution in [0, 0.1) is 0 Å². The highest BCUT2D eigenvalue weighted by atomic mass is 32.2. The van der Waals surface area contributed by atoms with Crippen LogP contribution in [-0.4, -0.2) is 45.7 Å². The van der Waals surface area contributed by atoms with Crippen molar-refractivity contribution < 1.29 is 40.7 Å². The largest absolute Gasteiger partial charge is 0.486 e. The Balaban J connectivity index is 2.04. The molecule has 0 saturated carbocycles. The molecule has 196 valence electrons. The molecule has 0 fully saturated rings. The number of alkyl halides is 3. The second kappa shape index (κ2) is 9.88. The number of halogens is 3. The number of nitrogens with one attached hydrogen (secondary N) is 2. The summed E-state index contributed by atoms with van der Waals surface area (Å²) in [5.41, 5.74) is -1.76. The van der Waals surface area contributed by atoms with Gasteiger partial charge in [0.15, 0.2) is 0 Å². The number of sulfonamides is 1. The zero-order valence-electron chi connectivity index (χ0n) is 20.0. The average molecular weight is 530 g/mol. The number of fused-ring (bicyclic) bond motifs is 1. The fourth-order valence-corrected chi connectivity index (χ4v) is 4.96. The lowest BCUT2D eigenvalue weighted by Gasteiger charge is -2.35. The van der Waals surface area contributed by atoms with E-state index in [2.05, 4.69) is 10.6 Å². The van der Waals surface area contributed by atoms with Crippen molar-refractivity contribution in [1.29, 1.82) is 0 Å². The highest BCUT2D eigenvalue weighted by molar-refractivity contribution is 7.92. The zero-order chi connectivity index (χ0) is 26.9. The number of ether oxygens (including phenoxy) is 2. The maximum absolute atomic E-state index is 13.5. The fourth-order valence-electron chi connectivity index (χ4n) is 3.41. The molecule has 0 spiro atoms. The molecular weight excluding hydrogens is 503 g/mol. The Hall–Kier alpha value is -3.48. The van der Waals surface area contributed by atoms with Crippen LogP contribution >= 0.6 is 0 Å². The van der Waals surface area contributed by atoms with Gasteiger partial charge in [0.2, 0.25) is 5.91 Å². The first-order valence-electron chi connectivity index (χ1n) is 10.8. The van der Waals surface area contributed by atoms with E-state index in [4.69, 9.17) is 9.47 Å². The highest BCUT2D eigenvalue weighted by Gasteiger charge is 2.37.